The number of nitrogens with zero attached hydrogens (tertiary/aromatic N) is 3. The maximum absolute atomic E-state index is 12.9. The maximum Gasteiger partial charge on any atom is 0.240 e. The number of carbonyl (C=O) groups excluding carboxylic acids is 1. The number of hydrogen-bond acceptors (Lipinski definition) is 5. The predicted molar refractivity (Wildman–Crippen MR) is 85.5 cm³/mol. The number of anilines is 1. The fraction of sp³-hybridized carbons (Fsp3) is 0.400. The van der Waals surface area contributed by atoms with E-state index >= 15 is 0 Å². The fourth-order valence-electron chi connectivity index (χ4n) is 1.96. The smallest absolute Gasteiger partial charge is 0.240 e. The van der Waals surface area contributed by atoms with E-state index < -0.39 is 0 Å². The van der Waals surface area contributed by atoms with Crippen LogP contribution >= 0.6 is 11.3 Å². The lowest BCUT2D eigenvalue weighted by atomic mass is 10.2. The van der Waals surface area contributed by atoms with Crippen molar-refractivity contribution in [2.45, 2.75) is 20.3 Å². The number of benzene rings is 1. The van der Waals surface area contributed by atoms with Gasteiger partial charge in [-0.15, -0.1) is 10.2 Å². The van der Waals surface area contributed by atoms with E-state index in [2.05, 4.69) is 15.5 Å². The zero-order valence-corrected chi connectivity index (χ0v) is 13.5. The van der Waals surface area contributed by atoms with Crippen molar-refractivity contribution in [3.63, 3.8) is 0 Å². The van der Waals surface area contributed by atoms with Gasteiger partial charge in [-0.3, -0.25) is 15.0 Å². The molecule has 0 aliphatic carbocycles. The van der Waals surface area contributed by atoms with E-state index in [4.69, 9.17) is 0 Å². The molecule has 0 unspecified atom stereocenters. The molecule has 0 bridgehead atoms. The summed E-state index contributed by atoms with van der Waals surface area (Å²) in [5.74, 6) is -0.349. The van der Waals surface area contributed by atoms with Crippen molar-refractivity contribution in [3.05, 3.63) is 40.7 Å². The molecule has 0 spiro atoms. The van der Waals surface area contributed by atoms with E-state index in [1.54, 1.807) is 12.1 Å². The van der Waals surface area contributed by atoms with Gasteiger partial charge in [0.05, 0.1) is 6.54 Å². The first-order valence-electron chi connectivity index (χ1n) is 7.19. The van der Waals surface area contributed by atoms with E-state index in [1.807, 2.05) is 18.7 Å². The zero-order chi connectivity index (χ0) is 15.9. The minimum absolute atomic E-state index is 0.0896. The monoisotopic (exact) mass is 322 g/mol. The number of amides is 1. The Balaban J connectivity index is 1.91. The van der Waals surface area contributed by atoms with E-state index in [0.717, 1.165) is 23.7 Å². The molecular weight excluding hydrogens is 303 g/mol. The molecule has 118 valence electrons. The zero-order valence-electron chi connectivity index (χ0n) is 12.7. The summed E-state index contributed by atoms with van der Waals surface area (Å²) in [4.78, 5) is 13.9. The highest BCUT2D eigenvalue weighted by atomic mass is 32.1. The third-order valence-electron chi connectivity index (χ3n) is 3.24. The van der Waals surface area contributed by atoms with Crippen LogP contribution < -0.4 is 5.32 Å². The van der Waals surface area contributed by atoms with Crippen LogP contribution in [0.5, 0.6) is 0 Å². The van der Waals surface area contributed by atoms with Crippen molar-refractivity contribution >= 4 is 22.4 Å². The van der Waals surface area contributed by atoms with Gasteiger partial charge in [-0.05, 0) is 30.8 Å². The third-order valence-corrected chi connectivity index (χ3v) is 4.08. The van der Waals surface area contributed by atoms with Crippen LogP contribution in [0, 0.1) is 5.82 Å². The highest BCUT2D eigenvalue weighted by Crippen LogP contribution is 2.18. The molecule has 0 radical (unpaired) electrons. The van der Waals surface area contributed by atoms with E-state index in [9.17, 15) is 9.18 Å². The summed E-state index contributed by atoms with van der Waals surface area (Å²) in [6.45, 7) is 6.04. The van der Waals surface area contributed by atoms with E-state index in [0.29, 0.717) is 18.1 Å². The van der Waals surface area contributed by atoms with Gasteiger partial charge in [0.25, 0.3) is 0 Å². The average molecular weight is 322 g/mol. The van der Waals surface area contributed by atoms with Gasteiger partial charge in [-0.1, -0.05) is 37.3 Å². The van der Waals surface area contributed by atoms with Gasteiger partial charge in [0.2, 0.25) is 11.0 Å². The lowest BCUT2D eigenvalue weighted by molar-refractivity contribution is -0.117. The summed E-state index contributed by atoms with van der Waals surface area (Å²) >= 11 is 1.34. The largest absolute Gasteiger partial charge is 0.299 e. The molecule has 1 aromatic heterocycles. The molecule has 0 fully saturated rings. The Morgan fingerprint density at radius 3 is 2.55 bits per heavy atom. The molecule has 0 atom stereocenters. The molecule has 2 rings (SSSR count). The Bertz CT molecular complexity index is 610. The van der Waals surface area contributed by atoms with Crippen LogP contribution in [0.1, 0.15) is 24.4 Å². The van der Waals surface area contributed by atoms with Crippen LogP contribution in [-0.2, 0) is 11.2 Å². The van der Waals surface area contributed by atoms with Crippen LogP contribution in [0.3, 0.4) is 0 Å². The second-order valence-electron chi connectivity index (χ2n) is 4.81. The van der Waals surface area contributed by atoms with Crippen molar-refractivity contribution < 1.29 is 9.18 Å². The predicted octanol–water partition coefficient (Wildman–Crippen LogP) is 2.55. The molecular formula is C15H19FN4OS. The fourth-order valence-corrected chi connectivity index (χ4v) is 2.75. The van der Waals surface area contributed by atoms with Gasteiger partial charge in [-0.25, -0.2) is 4.39 Å². The second-order valence-corrected chi connectivity index (χ2v) is 5.88. The lowest BCUT2D eigenvalue weighted by Crippen LogP contribution is -2.32. The van der Waals surface area contributed by atoms with Gasteiger partial charge < -0.3 is 0 Å². The Hall–Kier alpha value is -1.86. The normalized spacial score (nSPS) is 10.9. The topological polar surface area (TPSA) is 58.1 Å². The molecule has 0 aliphatic heterocycles. The van der Waals surface area contributed by atoms with E-state index in [1.165, 1.54) is 23.5 Å². The van der Waals surface area contributed by atoms with Gasteiger partial charge in [0, 0.05) is 6.42 Å². The molecule has 22 heavy (non-hydrogen) atoms. The highest BCUT2D eigenvalue weighted by Gasteiger charge is 2.11. The Morgan fingerprint density at radius 1 is 1.23 bits per heavy atom. The van der Waals surface area contributed by atoms with Crippen LogP contribution in [0.15, 0.2) is 24.3 Å². The number of likely N-dealkylation sites (N-methyl/N-ethyl adjacent to an activating group) is 1. The van der Waals surface area contributed by atoms with Crippen molar-refractivity contribution in [3.8, 4) is 0 Å². The number of hydrogen-bond donors (Lipinski definition) is 1. The Morgan fingerprint density at radius 2 is 1.91 bits per heavy atom. The molecule has 0 saturated carbocycles. The number of rotatable bonds is 7. The van der Waals surface area contributed by atoms with Gasteiger partial charge in [0.1, 0.15) is 10.8 Å². The first kappa shape index (κ1) is 16.5. The molecule has 1 aromatic carbocycles. The average Bonchev–Trinajstić information content (AvgIpc) is 2.94. The summed E-state index contributed by atoms with van der Waals surface area (Å²) < 4.78 is 12.9. The van der Waals surface area contributed by atoms with Crippen molar-refractivity contribution in [1.29, 1.82) is 0 Å². The number of halogens is 1. The highest BCUT2D eigenvalue weighted by molar-refractivity contribution is 7.15. The number of aromatic nitrogens is 2. The molecule has 5 nitrogen and oxygen atoms in total. The summed E-state index contributed by atoms with van der Waals surface area (Å²) in [5, 5.41) is 12.1. The van der Waals surface area contributed by atoms with Crippen molar-refractivity contribution in [1.82, 2.24) is 15.1 Å². The van der Waals surface area contributed by atoms with Crippen LogP contribution in [0.2, 0.25) is 0 Å². The summed E-state index contributed by atoms with van der Waals surface area (Å²) in [6.07, 6.45) is 0.573. The molecule has 1 N–H and O–H groups in total. The van der Waals surface area contributed by atoms with Crippen LogP contribution in [0.25, 0.3) is 0 Å². The molecule has 1 amide bonds. The molecule has 0 saturated heterocycles. The van der Waals surface area contributed by atoms with Crippen LogP contribution in [0.4, 0.5) is 9.52 Å². The molecule has 7 heteroatoms. The lowest BCUT2D eigenvalue weighted by Gasteiger charge is -2.16. The van der Waals surface area contributed by atoms with Gasteiger partial charge >= 0.3 is 0 Å². The number of nitrogens with one attached hydrogen (secondary N) is 1. The SMILES string of the molecule is CCN(CC)CC(=O)Nc1nnc(Cc2ccc(F)cc2)s1. The number of carbonyl (C=O) groups is 1. The molecule has 1 heterocycles. The first-order valence-corrected chi connectivity index (χ1v) is 8.01. The second kappa shape index (κ2) is 7.95. The van der Waals surface area contributed by atoms with Gasteiger partial charge in [-0.2, -0.15) is 0 Å². The minimum atomic E-state index is -0.259. The van der Waals surface area contributed by atoms with Crippen molar-refractivity contribution in [2.24, 2.45) is 0 Å². The quantitative estimate of drug-likeness (QED) is 0.851. The maximum atomic E-state index is 12.9. The summed E-state index contributed by atoms with van der Waals surface area (Å²) in [5.41, 5.74) is 0.957. The minimum Gasteiger partial charge on any atom is -0.299 e. The van der Waals surface area contributed by atoms with Crippen molar-refractivity contribution in [2.75, 3.05) is 25.0 Å². The summed E-state index contributed by atoms with van der Waals surface area (Å²) in [6, 6.07) is 6.27. The molecule has 2 aromatic rings. The first-order chi connectivity index (χ1) is 10.6. The molecule has 0 aliphatic rings. The van der Waals surface area contributed by atoms with Gasteiger partial charge in [0.15, 0.2) is 0 Å². The van der Waals surface area contributed by atoms with Crippen LogP contribution in [-0.4, -0.2) is 40.6 Å². The third kappa shape index (κ3) is 4.85. The standard InChI is InChI=1S/C15H19FN4OS/c1-3-20(4-2)10-13(21)17-15-19-18-14(22-15)9-11-5-7-12(16)8-6-11/h5-8H,3-4,9-10H2,1-2H3,(H,17,19,21). The van der Waals surface area contributed by atoms with E-state index in [-0.39, 0.29) is 11.7 Å². The Labute approximate surface area is 133 Å². The Kier molecular flexibility index (Phi) is 5.97. The summed E-state index contributed by atoms with van der Waals surface area (Å²) in [7, 11) is 0.